The molecule has 5 nitrogen and oxygen atoms in total. The van der Waals surface area contributed by atoms with Crippen LogP contribution < -0.4 is 15.4 Å². The van der Waals surface area contributed by atoms with Gasteiger partial charge in [0.2, 0.25) is 11.8 Å². The van der Waals surface area contributed by atoms with Crippen molar-refractivity contribution in [3.63, 3.8) is 0 Å². The highest BCUT2D eigenvalue weighted by atomic mass is 16.5. The Kier molecular flexibility index (Phi) is 4.75. The van der Waals surface area contributed by atoms with Crippen molar-refractivity contribution in [2.24, 2.45) is 11.7 Å². The molecule has 1 atom stereocenters. The number of ether oxygens (including phenoxy) is 1. The second-order valence-corrected chi connectivity index (χ2v) is 4.66. The Morgan fingerprint density at radius 1 is 1.56 bits per heavy atom. The van der Waals surface area contributed by atoms with E-state index in [1.54, 1.807) is 12.3 Å². The molecule has 1 aliphatic heterocycles. The first-order chi connectivity index (χ1) is 8.83. The van der Waals surface area contributed by atoms with Gasteiger partial charge in [0.1, 0.15) is 0 Å². The van der Waals surface area contributed by atoms with Crippen LogP contribution in [0.4, 0.5) is 5.95 Å². The van der Waals surface area contributed by atoms with E-state index in [2.05, 4.69) is 14.9 Å². The molecule has 0 bridgehead atoms. The number of nitrogens with zero attached hydrogens (tertiary/aromatic N) is 3. The lowest BCUT2D eigenvalue weighted by Gasteiger charge is -2.32. The van der Waals surface area contributed by atoms with E-state index in [1.165, 1.54) is 12.8 Å². The van der Waals surface area contributed by atoms with Gasteiger partial charge in [-0.25, -0.2) is 4.98 Å². The van der Waals surface area contributed by atoms with E-state index in [0.29, 0.717) is 18.4 Å². The van der Waals surface area contributed by atoms with E-state index in [9.17, 15) is 0 Å². The van der Waals surface area contributed by atoms with Crippen LogP contribution in [0.2, 0.25) is 0 Å². The number of piperidine rings is 1. The predicted molar refractivity (Wildman–Crippen MR) is 71.8 cm³/mol. The molecule has 1 saturated heterocycles. The Morgan fingerprint density at radius 3 is 3.22 bits per heavy atom. The van der Waals surface area contributed by atoms with Gasteiger partial charge in [-0.2, -0.15) is 4.98 Å². The Morgan fingerprint density at radius 2 is 2.44 bits per heavy atom. The highest BCUT2D eigenvalue weighted by Crippen LogP contribution is 2.23. The molecule has 1 aliphatic rings. The summed E-state index contributed by atoms with van der Waals surface area (Å²) in [4.78, 5) is 11.0. The molecule has 1 aromatic rings. The summed E-state index contributed by atoms with van der Waals surface area (Å²) in [6.07, 6.45) is 5.30. The third-order valence-electron chi connectivity index (χ3n) is 3.29. The molecule has 0 unspecified atom stereocenters. The van der Waals surface area contributed by atoms with Crippen LogP contribution in [0.3, 0.4) is 0 Å². The van der Waals surface area contributed by atoms with Crippen molar-refractivity contribution in [3.8, 4) is 5.88 Å². The largest absolute Gasteiger partial charge is 0.478 e. The zero-order chi connectivity index (χ0) is 12.8. The van der Waals surface area contributed by atoms with Crippen LogP contribution in [0.1, 0.15) is 26.2 Å². The maximum atomic E-state index is 5.64. The first-order valence-electron chi connectivity index (χ1n) is 6.74. The number of rotatable bonds is 5. The molecule has 2 rings (SSSR count). The standard InChI is InChI=1S/C13H22N4O/c1-2-18-12-6-8-15-13(16-12)17-9-3-4-11(10-17)5-7-14/h6,8,11H,2-5,7,9-10,14H2,1H3/t11-/m0/s1. The predicted octanol–water partition coefficient (Wildman–Crippen LogP) is 1.44. The van der Waals surface area contributed by atoms with Gasteiger partial charge >= 0.3 is 0 Å². The third-order valence-corrected chi connectivity index (χ3v) is 3.29. The van der Waals surface area contributed by atoms with Gasteiger partial charge in [0.25, 0.3) is 0 Å². The molecule has 1 fully saturated rings. The minimum Gasteiger partial charge on any atom is -0.478 e. The molecule has 0 spiro atoms. The van der Waals surface area contributed by atoms with Gasteiger partial charge in [0.15, 0.2) is 0 Å². The highest BCUT2D eigenvalue weighted by Gasteiger charge is 2.21. The number of hydrogen-bond donors (Lipinski definition) is 1. The fourth-order valence-corrected chi connectivity index (χ4v) is 2.43. The Bertz CT molecular complexity index is 370. The van der Waals surface area contributed by atoms with Crippen molar-refractivity contribution in [3.05, 3.63) is 12.3 Å². The fourth-order valence-electron chi connectivity index (χ4n) is 2.43. The average molecular weight is 250 g/mol. The summed E-state index contributed by atoms with van der Waals surface area (Å²) in [7, 11) is 0. The van der Waals surface area contributed by atoms with E-state index in [-0.39, 0.29) is 0 Å². The molecule has 18 heavy (non-hydrogen) atoms. The molecule has 0 amide bonds. The van der Waals surface area contributed by atoms with Gasteiger partial charge in [-0.05, 0) is 38.6 Å². The first kappa shape index (κ1) is 13.1. The summed E-state index contributed by atoms with van der Waals surface area (Å²) >= 11 is 0. The van der Waals surface area contributed by atoms with Gasteiger partial charge in [0.05, 0.1) is 6.61 Å². The normalized spacial score (nSPS) is 19.9. The lowest BCUT2D eigenvalue weighted by Crippen LogP contribution is -2.37. The number of anilines is 1. The Labute approximate surface area is 108 Å². The topological polar surface area (TPSA) is 64.3 Å². The fraction of sp³-hybridized carbons (Fsp3) is 0.692. The summed E-state index contributed by atoms with van der Waals surface area (Å²) in [6.45, 7) is 5.38. The Balaban J connectivity index is 2.03. The zero-order valence-electron chi connectivity index (χ0n) is 11.0. The number of aromatic nitrogens is 2. The smallest absolute Gasteiger partial charge is 0.228 e. The molecule has 100 valence electrons. The van der Waals surface area contributed by atoms with Crippen molar-refractivity contribution < 1.29 is 4.74 Å². The summed E-state index contributed by atoms with van der Waals surface area (Å²) in [5, 5.41) is 0. The van der Waals surface area contributed by atoms with Crippen LogP contribution in [-0.4, -0.2) is 36.2 Å². The molecule has 5 heteroatoms. The van der Waals surface area contributed by atoms with Crippen LogP contribution in [0.25, 0.3) is 0 Å². The van der Waals surface area contributed by atoms with Crippen LogP contribution in [0.15, 0.2) is 12.3 Å². The molecule has 2 N–H and O–H groups in total. The van der Waals surface area contributed by atoms with Crippen molar-refractivity contribution >= 4 is 5.95 Å². The minimum absolute atomic E-state index is 0.631. The lowest BCUT2D eigenvalue weighted by atomic mass is 9.95. The van der Waals surface area contributed by atoms with Crippen molar-refractivity contribution in [2.45, 2.75) is 26.2 Å². The minimum atomic E-state index is 0.631. The molecule has 1 aromatic heterocycles. The number of nitrogens with two attached hydrogens (primary N) is 1. The lowest BCUT2D eigenvalue weighted by molar-refractivity contribution is 0.325. The second kappa shape index (κ2) is 6.54. The highest BCUT2D eigenvalue weighted by molar-refractivity contribution is 5.32. The van der Waals surface area contributed by atoms with Gasteiger partial charge in [-0.3, -0.25) is 0 Å². The van der Waals surface area contributed by atoms with Crippen LogP contribution in [0, 0.1) is 5.92 Å². The third kappa shape index (κ3) is 3.32. The molecule has 0 aromatic carbocycles. The maximum absolute atomic E-state index is 5.64. The van der Waals surface area contributed by atoms with Crippen LogP contribution in [-0.2, 0) is 0 Å². The van der Waals surface area contributed by atoms with E-state index < -0.39 is 0 Å². The van der Waals surface area contributed by atoms with Gasteiger partial charge in [-0.1, -0.05) is 0 Å². The summed E-state index contributed by atoms with van der Waals surface area (Å²) in [5.41, 5.74) is 5.64. The SMILES string of the molecule is CCOc1ccnc(N2CCC[C@@H](CCN)C2)n1. The van der Waals surface area contributed by atoms with E-state index in [1.807, 2.05) is 6.92 Å². The van der Waals surface area contributed by atoms with E-state index in [0.717, 1.165) is 32.0 Å². The quantitative estimate of drug-likeness (QED) is 0.856. The molecule has 0 saturated carbocycles. The van der Waals surface area contributed by atoms with E-state index in [4.69, 9.17) is 10.5 Å². The van der Waals surface area contributed by atoms with Crippen molar-refractivity contribution in [1.29, 1.82) is 0 Å². The molecule has 0 radical (unpaired) electrons. The van der Waals surface area contributed by atoms with Crippen LogP contribution >= 0.6 is 0 Å². The maximum Gasteiger partial charge on any atom is 0.228 e. The molecular formula is C13H22N4O. The van der Waals surface area contributed by atoms with Crippen molar-refractivity contribution in [2.75, 3.05) is 31.1 Å². The number of hydrogen-bond acceptors (Lipinski definition) is 5. The first-order valence-corrected chi connectivity index (χ1v) is 6.74. The summed E-state index contributed by atoms with van der Waals surface area (Å²) in [6, 6.07) is 1.80. The molecule has 0 aliphatic carbocycles. The molecular weight excluding hydrogens is 228 g/mol. The van der Waals surface area contributed by atoms with E-state index >= 15 is 0 Å². The van der Waals surface area contributed by atoms with Gasteiger partial charge in [-0.15, -0.1) is 0 Å². The monoisotopic (exact) mass is 250 g/mol. The second-order valence-electron chi connectivity index (χ2n) is 4.66. The van der Waals surface area contributed by atoms with Gasteiger partial charge in [0, 0.05) is 25.4 Å². The Hall–Kier alpha value is -1.36. The van der Waals surface area contributed by atoms with Crippen molar-refractivity contribution in [1.82, 2.24) is 9.97 Å². The zero-order valence-corrected chi connectivity index (χ0v) is 11.0. The van der Waals surface area contributed by atoms with Gasteiger partial charge < -0.3 is 15.4 Å². The van der Waals surface area contributed by atoms with Crippen LogP contribution in [0.5, 0.6) is 5.88 Å². The average Bonchev–Trinajstić information content (AvgIpc) is 2.40. The summed E-state index contributed by atoms with van der Waals surface area (Å²) in [5.74, 6) is 2.11. The molecule has 2 heterocycles. The summed E-state index contributed by atoms with van der Waals surface area (Å²) < 4.78 is 5.41.